The predicted octanol–water partition coefficient (Wildman–Crippen LogP) is 1.55. The zero-order valence-corrected chi connectivity index (χ0v) is 10.7. The minimum atomic E-state index is -0.147. The van der Waals surface area contributed by atoms with Gasteiger partial charge in [0.05, 0.1) is 12.1 Å². The normalized spacial score (nSPS) is 14.3. The number of aryl methyl sites for hydroxylation is 1. The fraction of sp³-hybridized carbons (Fsp3) is 0.286. The molecule has 1 amide bonds. The molecule has 5 nitrogen and oxygen atoms in total. The standard InChI is InChI=1S/C14H15N3O2/c1-10-2-3-11(12(18)8-10)14(19)17-7-6-16-5-4-15-13(16)9-17/h2-5,8,18H,6-7,9H2,1H3. The Balaban J connectivity index is 1.85. The molecule has 0 spiro atoms. The van der Waals surface area contributed by atoms with Crippen LogP contribution in [-0.2, 0) is 13.1 Å². The van der Waals surface area contributed by atoms with Crippen LogP contribution in [0.4, 0.5) is 0 Å². The van der Waals surface area contributed by atoms with E-state index in [2.05, 4.69) is 4.98 Å². The highest BCUT2D eigenvalue weighted by Gasteiger charge is 2.23. The molecule has 1 aromatic carbocycles. The number of hydrogen-bond donors (Lipinski definition) is 1. The number of imidazole rings is 1. The van der Waals surface area contributed by atoms with E-state index in [-0.39, 0.29) is 11.7 Å². The van der Waals surface area contributed by atoms with E-state index in [1.165, 1.54) is 0 Å². The molecular weight excluding hydrogens is 242 g/mol. The number of aromatic nitrogens is 2. The fourth-order valence-corrected chi connectivity index (χ4v) is 2.34. The van der Waals surface area contributed by atoms with Crippen molar-refractivity contribution < 1.29 is 9.90 Å². The third kappa shape index (κ3) is 2.07. The molecule has 2 aromatic rings. The summed E-state index contributed by atoms with van der Waals surface area (Å²) in [5.74, 6) is 0.775. The highest BCUT2D eigenvalue weighted by molar-refractivity contribution is 5.96. The van der Waals surface area contributed by atoms with E-state index in [1.54, 1.807) is 23.2 Å². The van der Waals surface area contributed by atoms with Gasteiger partial charge < -0.3 is 14.6 Å². The second kappa shape index (κ2) is 4.42. The van der Waals surface area contributed by atoms with Gasteiger partial charge in [-0.15, -0.1) is 0 Å². The van der Waals surface area contributed by atoms with E-state index in [1.807, 2.05) is 23.8 Å². The summed E-state index contributed by atoms with van der Waals surface area (Å²) in [5, 5.41) is 9.88. The van der Waals surface area contributed by atoms with Gasteiger partial charge in [-0.25, -0.2) is 4.98 Å². The number of hydrogen-bond acceptors (Lipinski definition) is 3. The average Bonchev–Trinajstić information content (AvgIpc) is 2.85. The second-order valence-corrected chi connectivity index (χ2v) is 4.78. The maximum absolute atomic E-state index is 12.4. The zero-order valence-electron chi connectivity index (χ0n) is 10.7. The lowest BCUT2D eigenvalue weighted by molar-refractivity contribution is 0.0704. The van der Waals surface area contributed by atoms with E-state index in [0.717, 1.165) is 17.9 Å². The summed E-state index contributed by atoms with van der Waals surface area (Å²) in [6, 6.07) is 5.12. The van der Waals surface area contributed by atoms with Gasteiger partial charge in [-0.05, 0) is 24.6 Å². The van der Waals surface area contributed by atoms with E-state index in [4.69, 9.17) is 0 Å². The summed E-state index contributed by atoms with van der Waals surface area (Å²) >= 11 is 0. The Kier molecular flexibility index (Phi) is 2.74. The first-order valence-corrected chi connectivity index (χ1v) is 6.24. The second-order valence-electron chi connectivity index (χ2n) is 4.78. The lowest BCUT2D eigenvalue weighted by Crippen LogP contribution is -2.38. The van der Waals surface area contributed by atoms with Crippen LogP contribution in [0.15, 0.2) is 30.6 Å². The smallest absolute Gasteiger partial charge is 0.258 e. The minimum absolute atomic E-state index is 0.0407. The zero-order chi connectivity index (χ0) is 13.4. The molecule has 0 atom stereocenters. The van der Waals surface area contributed by atoms with Gasteiger partial charge in [0, 0.05) is 25.5 Å². The molecule has 5 heteroatoms. The number of benzene rings is 1. The third-order valence-corrected chi connectivity index (χ3v) is 3.42. The number of carbonyl (C=O) groups excluding carboxylic acids is 1. The first-order valence-electron chi connectivity index (χ1n) is 6.24. The summed E-state index contributed by atoms with van der Waals surface area (Å²) in [6.07, 6.45) is 3.66. The van der Waals surface area contributed by atoms with Crippen molar-refractivity contribution in [1.82, 2.24) is 14.5 Å². The van der Waals surface area contributed by atoms with Crippen LogP contribution in [0.5, 0.6) is 5.75 Å². The maximum Gasteiger partial charge on any atom is 0.258 e. The van der Waals surface area contributed by atoms with Gasteiger partial charge in [-0.1, -0.05) is 6.07 Å². The largest absolute Gasteiger partial charge is 0.507 e. The predicted molar refractivity (Wildman–Crippen MR) is 69.8 cm³/mol. The molecule has 1 aromatic heterocycles. The van der Waals surface area contributed by atoms with Crippen LogP contribution in [0.3, 0.4) is 0 Å². The number of phenols is 1. The Morgan fingerprint density at radius 3 is 3.00 bits per heavy atom. The van der Waals surface area contributed by atoms with Gasteiger partial charge in [0.2, 0.25) is 0 Å². The van der Waals surface area contributed by atoms with Crippen LogP contribution in [0, 0.1) is 6.92 Å². The van der Waals surface area contributed by atoms with Gasteiger partial charge in [0.25, 0.3) is 5.91 Å². The number of aromatic hydroxyl groups is 1. The number of fused-ring (bicyclic) bond motifs is 1. The van der Waals surface area contributed by atoms with Crippen molar-refractivity contribution >= 4 is 5.91 Å². The molecule has 0 bridgehead atoms. The molecule has 0 saturated heterocycles. The average molecular weight is 257 g/mol. The Morgan fingerprint density at radius 1 is 1.37 bits per heavy atom. The topological polar surface area (TPSA) is 58.4 Å². The maximum atomic E-state index is 12.4. The van der Waals surface area contributed by atoms with Crippen LogP contribution >= 0.6 is 0 Å². The number of rotatable bonds is 1. The van der Waals surface area contributed by atoms with Crippen LogP contribution in [-0.4, -0.2) is 32.0 Å². The van der Waals surface area contributed by atoms with E-state index >= 15 is 0 Å². The van der Waals surface area contributed by atoms with Crippen molar-refractivity contribution in [2.24, 2.45) is 0 Å². The fourth-order valence-electron chi connectivity index (χ4n) is 2.34. The highest BCUT2D eigenvalue weighted by Crippen LogP contribution is 2.22. The van der Waals surface area contributed by atoms with Crippen molar-refractivity contribution in [3.8, 4) is 5.75 Å². The minimum Gasteiger partial charge on any atom is -0.507 e. The molecule has 1 aliphatic heterocycles. The quantitative estimate of drug-likeness (QED) is 0.843. The van der Waals surface area contributed by atoms with Gasteiger partial charge in [-0.2, -0.15) is 0 Å². The lowest BCUT2D eigenvalue weighted by atomic mass is 10.1. The SMILES string of the molecule is Cc1ccc(C(=O)N2CCn3ccnc3C2)c(O)c1. The molecule has 0 unspecified atom stereocenters. The van der Waals surface area contributed by atoms with Crippen molar-refractivity contribution in [3.63, 3.8) is 0 Å². The van der Waals surface area contributed by atoms with E-state index < -0.39 is 0 Å². The molecule has 0 aliphatic carbocycles. The number of nitrogens with zero attached hydrogens (tertiary/aromatic N) is 3. The molecule has 0 saturated carbocycles. The first kappa shape index (κ1) is 11.8. The van der Waals surface area contributed by atoms with Crippen LogP contribution in [0.25, 0.3) is 0 Å². The summed E-state index contributed by atoms with van der Waals surface area (Å²) in [7, 11) is 0. The van der Waals surface area contributed by atoms with Crippen molar-refractivity contribution in [3.05, 3.63) is 47.5 Å². The molecule has 98 valence electrons. The van der Waals surface area contributed by atoms with Gasteiger partial charge in [0.1, 0.15) is 11.6 Å². The van der Waals surface area contributed by atoms with Crippen molar-refractivity contribution in [2.75, 3.05) is 6.54 Å². The lowest BCUT2D eigenvalue weighted by Gasteiger charge is -2.28. The van der Waals surface area contributed by atoms with E-state index in [0.29, 0.717) is 18.7 Å². The van der Waals surface area contributed by atoms with Gasteiger partial charge >= 0.3 is 0 Å². The van der Waals surface area contributed by atoms with Crippen molar-refractivity contribution in [2.45, 2.75) is 20.0 Å². The molecule has 3 rings (SSSR count). The number of amides is 1. The van der Waals surface area contributed by atoms with Gasteiger partial charge in [-0.3, -0.25) is 4.79 Å². The number of carbonyl (C=O) groups is 1. The molecule has 1 N–H and O–H groups in total. The Morgan fingerprint density at radius 2 is 2.21 bits per heavy atom. The summed E-state index contributed by atoms with van der Waals surface area (Å²) in [5.41, 5.74) is 1.29. The van der Waals surface area contributed by atoms with Gasteiger partial charge in [0.15, 0.2) is 0 Å². The Labute approximate surface area is 111 Å². The summed E-state index contributed by atoms with van der Waals surface area (Å²) in [4.78, 5) is 18.3. The molecule has 19 heavy (non-hydrogen) atoms. The van der Waals surface area contributed by atoms with Crippen LogP contribution in [0.2, 0.25) is 0 Å². The molecular formula is C14H15N3O2. The molecule has 0 fully saturated rings. The highest BCUT2D eigenvalue weighted by atomic mass is 16.3. The van der Waals surface area contributed by atoms with E-state index in [9.17, 15) is 9.90 Å². The van der Waals surface area contributed by atoms with Crippen LogP contribution in [0.1, 0.15) is 21.7 Å². The Hall–Kier alpha value is -2.30. The summed E-state index contributed by atoms with van der Waals surface area (Å²) in [6.45, 7) is 3.74. The first-order chi connectivity index (χ1) is 9.15. The third-order valence-electron chi connectivity index (χ3n) is 3.42. The summed E-state index contributed by atoms with van der Waals surface area (Å²) < 4.78 is 2.04. The Bertz CT molecular complexity index is 633. The van der Waals surface area contributed by atoms with Crippen molar-refractivity contribution in [1.29, 1.82) is 0 Å². The van der Waals surface area contributed by atoms with Crippen LogP contribution < -0.4 is 0 Å². The monoisotopic (exact) mass is 257 g/mol. The number of phenolic OH excluding ortho intramolecular Hbond substituents is 1. The molecule has 0 radical (unpaired) electrons. The molecule has 1 aliphatic rings. The molecule has 2 heterocycles.